The second-order valence-corrected chi connectivity index (χ2v) is 4.57. The molecule has 14 heavy (non-hydrogen) atoms. The highest BCUT2D eigenvalue weighted by molar-refractivity contribution is 9.10. The van der Waals surface area contributed by atoms with E-state index in [1.54, 1.807) is 0 Å². The van der Waals surface area contributed by atoms with Crippen molar-refractivity contribution in [2.75, 3.05) is 5.73 Å². The van der Waals surface area contributed by atoms with Gasteiger partial charge < -0.3 is 10.5 Å². The van der Waals surface area contributed by atoms with E-state index in [0.29, 0.717) is 11.6 Å². The van der Waals surface area contributed by atoms with E-state index >= 15 is 0 Å². The van der Waals surface area contributed by atoms with Gasteiger partial charge in [-0.15, -0.1) is 0 Å². The van der Waals surface area contributed by atoms with E-state index in [9.17, 15) is 0 Å². The lowest BCUT2D eigenvalue weighted by Gasteiger charge is -2.19. The van der Waals surface area contributed by atoms with Crippen molar-refractivity contribution in [1.82, 2.24) is 0 Å². The molecule has 0 aromatic heterocycles. The summed E-state index contributed by atoms with van der Waals surface area (Å²) in [4.78, 5) is 0. The molecular weight excluding hydrogens is 242 g/mol. The van der Waals surface area contributed by atoms with E-state index in [1.165, 1.54) is 0 Å². The second kappa shape index (κ2) is 4.69. The lowest BCUT2D eigenvalue weighted by Crippen LogP contribution is -2.19. The summed E-state index contributed by atoms with van der Waals surface area (Å²) in [7, 11) is 0. The van der Waals surface area contributed by atoms with Gasteiger partial charge in [-0.25, -0.2) is 0 Å². The Morgan fingerprint density at radius 1 is 1.29 bits per heavy atom. The Morgan fingerprint density at radius 2 is 1.93 bits per heavy atom. The molecule has 0 heterocycles. The van der Waals surface area contributed by atoms with E-state index in [-0.39, 0.29) is 6.10 Å². The smallest absolute Gasteiger partial charge is 0.143 e. The van der Waals surface area contributed by atoms with Crippen molar-refractivity contribution in [3.8, 4) is 5.75 Å². The van der Waals surface area contributed by atoms with Crippen LogP contribution < -0.4 is 10.5 Å². The van der Waals surface area contributed by atoms with E-state index < -0.39 is 0 Å². The fourth-order valence-corrected chi connectivity index (χ4v) is 1.30. The molecule has 0 radical (unpaired) electrons. The third kappa shape index (κ3) is 2.64. The lowest BCUT2D eigenvalue weighted by atomic mass is 10.1. The number of nitrogens with two attached hydrogens (primary N) is 1. The lowest BCUT2D eigenvalue weighted by molar-refractivity contribution is 0.171. The van der Waals surface area contributed by atoms with Crippen LogP contribution >= 0.6 is 15.9 Å². The van der Waals surface area contributed by atoms with Gasteiger partial charge in [0.05, 0.1) is 11.8 Å². The molecule has 0 spiro atoms. The van der Waals surface area contributed by atoms with Crippen LogP contribution in [0.5, 0.6) is 5.75 Å². The molecule has 0 saturated heterocycles. The summed E-state index contributed by atoms with van der Waals surface area (Å²) >= 11 is 3.37. The van der Waals surface area contributed by atoms with Gasteiger partial charge in [0.15, 0.2) is 0 Å². The molecule has 1 unspecified atom stereocenters. The summed E-state index contributed by atoms with van der Waals surface area (Å²) in [6.45, 7) is 6.29. The predicted molar refractivity (Wildman–Crippen MR) is 63.5 cm³/mol. The molecule has 1 atom stereocenters. The monoisotopic (exact) mass is 257 g/mol. The molecule has 0 bridgehead atoms. The number of benzene rings is 1. The van der Waals surface area contributed by atoms with Gasteiger partial charge in [-0.3, -0.25) is 0 Å². The highest BCUT2D eigenvalue weighted by Gasteiger charge is 2.11. The number of rotatable bonds is 3. The van der Waals surface area contributed by atoms with Crippen molar-refractivity contribution in [1.29, 1.82) is 0 Å². The third-order valence-electron chi connectivity index (χ3n) is 2.26. The van der Waals surface area contributed by atoms with Gasteiger partial charge in [0.2, 0.25) is 0 Å². The number of hydrogen-bond acceptors (Lipinski definition) is 2. The van der Waals surface area contributed by atoms with Crippen LogP contribution in [0.3, 0.4) is 0 Å². The van der Waals surface area contributed by atoms with Crippen molar-refractivity contribution >= 4 is 21.6 Å². The Kier molecular flexibility index (Phi) is 3.81. The van der Waals surface area contributed by atoms with Crippen LogP contribution in [0, 0.1) is 5.92 Å². The van der Waals surface area contributed by atoms with E-state index in [1.807, 2.05) is 25.1 Å². The number of hydrogen-bond donors (Lipinski definition) is 1. The van der Waals surface area contributed by atoms with Gasteiger partial charge in [-0.1, -0.05) is 19.9 Å². The topological polar surface area (TPSA) is 35.2 Å². The molecule has 78 valence electrons. The second-order valence-electron chi connectivity index (χ2n) is 3.72. The highest BCUT2D eigenvalue weighted by Crippen LogP contribution is 2.30. The van der Waals surface area contributed by atoms with E-state index in [2.05, 4.69) is 29.8 Å². The quantitative estimate of drug-likeness (QED) is 0.842. The van der Waals surface area contributed by atoms with Gasteiger partial charge in [0.25, 0.3) is 0 Å². The Labute approximate surface area is 93.6 Å². The molecule has 0 fully saturated rings. The molecule has 1 aromatic rings. The Hall–Kier alpha value is -0.700. The summed E-state index contributed by atoms with van der Waals surface area (Å²) < 4.78 is 6.61. The van der Waals surface area contributed by atoms with Crippen LogP contribution in [0.1, 0.15) is 20.8 Å². The zero-order valence-corrected chi connectivity index (χ0v) is 10.3. The van der Waals surface area contributed by atoms with Crippen LogP contribution in [-0.2, 0) is 0 Å². The maximum Gasteiger partial charge on any atom is 0.143 e. The number of halogens is 1. The minimum atomic E-state index is 0.173. The summed E-state index contributed by atoms with van der Waals surface area (Å²) in [5, 5.41) is 0. The van der Waals surface area contributed by atoms with Gasteiger partial charge in [0, 0.05) is 4.47 Å². The first-order valence-corrected chi connectivity index (χ1v) is 5.52. The normalized spacial score (nSPS) is 12.9. The zero-order chi connectivity index (χ0) is 10.7. The highest BCUT2D eigenvalue weighted by atomic mass is 79.9. The maximum absolute atomic E-state index is 5.86. The SMILES string of the molecule is CC(C)C(C)Oc1cccc(Br)c1N. The van der Waals surface area contributed by atoms with Gasteiger partial charge in [-0.05, 0) is 40.9 Å². The first kappa shape index (κ1) is 11.4. The van der Waals surface area contributed by atoms with Crippen LogP contribution in [0.15, 0.2) is 22.7 Å². The fourth-order valence-electron chi connectivity index (χ4n) is 0.956. The minimum absolute atomic E-state index is 0.173. The maximum atomic E-state index is 5.86. The van der Waals surface area contributed by atoms with Crippen LogP contribution in [0.25, 0.3) is 0 Å². The Balaban J connectivity index is 2.82. The minimum Gasteiger partial charge on any atom is -0.488 e. The summed E-state index contributed by atoms with van der Waals surface area (Å²) in [5.74, 6) is 1.23. The van der Waals surface area contributed by atoms with Crippen LogP contribution in [-0.4, -0.2) is 6.10 Å². The molecule has 0 aliphatic rings. The molecule has 0 aliphatic heterocycles. The van der Waals surface area contributed by atoms with Crippen molar-refractivity contribution < 1.29 is 4.74 Å². The predicted octanol–water partition coefficient (Wildman–Crippen LogP) is 3.45. The van der Waals surface area contributed by atoms with Gasteiger partial charge >= 0.3 is 0 Å². The number of anilines is 1. The summed E-state index contributed by atoms with van der Waals surface area (Å²) in [6, 6.07) is 5.71. The molecular formula is C11H16BrNO. The van der Waals surface area contributed by atoms with Crippen LogP contribution in [0.4, 0.5) is 5.69 Å². The Bertz CT molecular complexity index is 312. The molecule has 1 rings (SSSR count). The molecule has 3 heteroatoms. The number of para-hydroxylation sites is 1. The number of nitrogen functional groups attached to an aromatic ring is 1. The molecule has 1 aromatic carbocycles. The average molecular weight is 258 g/mol. The average Bonchev–Trinajstić information content (AvgIpc) is 2.12. The summed E-state index contributed by atoms with van der Waals surface area (Å²) in [6.07, 6.45) is 0.173. The molecule has 0 amide bonds. The molecule has 0 saturated carbocycles. The molecule has 0 aliphatic carbocycles. The fraction of sp³-hybridized carbons (Fsp3) is 0.455. The van der Waals surface area contributed by atoms with Crippen molar-refractivity contribution in [3.05, 3.63) is 22.7 Å². The van der Waals surface area contributed by atoms with Crippen molar-refractivity contribution in [3.63, 3.8) is 0 Å². The zero-order valence-electron chi connectivity index (χ0n) is 8.75. The van der Waals surface area contributed by atoms with E-state index in [4.69, 9.17) is 10.5 Å². The molecule has 2 N–H and O–H groups in total. The van der Waals surface area contributed by atoms with Gasteiger partial charge in [0.1, 0.15) is 5.75 Å². The summed E-state index contributed by atoms with van der Waals surface area (Å²) in [5.41, 5.74) is 6.53. The van der Waals surface area contributed by atoms with Gasteiger partial charge in [-0.2, -0.15) is 0 Å². The standard InChI is InChI=1S/C11H16BrNO/c1-7(2)8(3)14-10-6-4-5-9(12)11(10)13/h4-8H,13H2,1-3H3. The Morgan fingerprint density at radius 3 is 2.50 bits per heavy atom. The van der Waals surface area contributed by atoms with Crippen molar-refractivity contribution in [2.45, 2.75) is 26.9 Å². The first-order valence-electron chi connectivity index (χ1n) is 4.73. The molecule has 2 nitrogen and oxygen atoms in total. The first-order chi connectivity index (χ1) is 6.52. The number of ether oxygens (including phenoxy) is 1. The largest absolute Gasteiger partial charge is 0.488 e. The van der Waals surface area contributed by atoms with Crippen molar-refractivity contribution in [2.24, 2.45) is 5.92 Å². The third-order valence-corrected chi connectivity index (χ3v) is 2.96. The van der Waals surface area contributed by atoms with E-state index in [0.717, 1.165) is 10.2 Å². The van der Waals surface area contributed by atoms with Crippen LogP contribution in [0.2, 0.25) is 0 Å².